The van der Waals surface area contributed by atoms with Crippen LogP contribution in [0.5, 0.6) is 5.88 Å². The number of carbonyl (C=O) groups is 1. The lowest BCUT2D eigenvalue weighted by molar-refractivity contribution is -0.137. The van der Waals surface area contributed by atoms with Gasteiger partial charge in [0.25, 0.3) is 0 Å². The maximum Gasteiger partial charge on any atom is 0.417 e. The number of alkyl halides is 3. The lowest BCUT2D eigenvalue weighted by atomic mass is 9.81. The van der Waals surface area contributed by atoms with Gasteiger partial charge in [-0.3, -0.25) is 9.69 Å². The molecule has 0 radical (unpaired) electrons. The monoisotopic (exact) mass is 344 g/mol. The zero-order valence-corrected chi connectivity index (χ0v) is 13.5. The Bertz CT molecular complexity index is 621. The van der Waals surface area contributed by atoms with Crippen LogP contribution >= 0.6 is 0 Å². The molecule has 2 fully saturated rings. The molecule has 5 nitrogen and oxygen atoms in total. The molecule has 0 amide bonds. The minimum Gasteiger partial charge on any atom is -0.480 e. The summed E-state index contributed by atoms with van der Waals surface area (Å²) in [5.74, 6) is -0.747. The summed E-state index contributed by atoms with van der Waals surface area (Å²) in [6.07, 6.45) is -2.74. The van der Waals surface area contributed by atoms with Gasteiger partial charge < -0.3 is 9.47 Å². The van der Waals surface area contributed by atoms with Crippen LogP contribution in [0.4, 0.5) is 13.2 Å². The third kappa shape index (κ3) is 3.12. The fraction of sp³-hybridized carbons (Fsp3) is 0.625. The second kappa shape index (κ2) is 6.33. The molecule has 0 aromatic carbocycles. The first kappa shape index (κ1) is 17.2. The fourth-order valence-electron chi connectivity index (χ4n) is 3.48. The molecule has 3 heterocycles. The Kier molecular flexibility index (Phi) is 4.52. The molecule has 8 heteroatoms. The van der Waals surface area contributed by atoms with Crippen LogP contribution in [0.1, 0.15) is 28.8 Å². The number of piperidine rings is 1. The van der Waals surface area contributed by atoms with Crippen molar-refractivity contribution in [1.29, 1.82) is 0 Å². The molecule has 0 spiro atoms. The van der Waals surface area contributed by atoms with Crippen molar-refractivity contribution in [3.8, 4) is 5.88 Å². The first-order valence-electron chi connectivity index (χ1n) is 7.76. The van der Waals surface area contributed by atoms with Crippen LogP contribution in [0.15, 0.2) is 12.3 Å². The highest BCUT2D eigenvalue weighted by atomic mass is 19.4. The highest BCUT2D eigenvalue weighted by molar-refractivity contribution is 6.00. The molecule has 2 bridgehead atoms. The van der Waals surface area contributed by atoms with E-state index in [9.17, 15) is 18.0 Å². The second-order valence-corrected chi connectivity index (χ2v) is 6.32. The number of halogens is 3. The van der Waals surface area contributed by atoms with Crippen LogP contribution in [0, 0.1) is 5.92 Å². The van der Waals surface area contributed by atoms with E-state index in [4.69, 9.17) is 9.47 Å². The normalized spacial score (nSPS) is 27.8. The molecule has 24 heavy (non-hydrogen) atoms. The number of hydrogen-bond acceptors (Lipinski definition) is 5. The van der Waals surface area contributed by atoms with E-state index in [1.807, 2.05) is 7.05 Å². The van der Waals surface area contributed by atoms with E-state index in [0.29, 0.717) is 32.3 Å². The molecule has 1 aromatic heterocycles. The Balaban J connectivity index is 1.89. The Hall–Kier alpha value is -1.67. The van der Waals surface area contributed by atoms with E-state index >= 15 is 0 Å². The SMILES string of the molecule is COc1ncc(C(F)(F)F)cc1C(=O)C1CC2COCC(C1)N2C. The molecule has 3 rings (SSSR count). The molecule has 1 aromatic rings. The molecule has 0 saturated carbocycles. The van der Waals surface area contributed by atoms with Crippen molar-refractivity contribution in [3.05, 3.63) is 23.4 Å². The minimum absolute atomic E-state index is 0.0617. The third-order valence-electron chi connectivity index (χ3n) is 4.89. The number of carbonyl (C=O) groups excluding carboxylic acids is 1. The molecule has 2 aliphatic rings. The Morgan fingerprint density at radius 1 is 1.33 bits per heavy atom. The topological polar surface area (TPSA) is 51.7 Å². The summed E-state index contributed by atoms with van der Waals surface area (Å²) >= 11 is 0. The molecule has 2 atom stereocenters. The van der Waals surface area contributed by atoms with E-state index in [0.717, 1.165) is 6.07 Å². The van der Waals surface area contributed by atoms with Crippen molar-refractivity contribution in [3.63, 3.8) is 0 Å². The molecular formula is C16H19F3N2O3. The summed E-state index contributed by atoms with van der Waals surface area (Å²) in [6.45, 7) is 1.07. The van der Waals surface area contributed by atoms with Crippen molar-refractivity contribution < 1.29 is 27.4 Å². The number of Topliss-reactive ketones (excluding diaryl/α,β-unsaturated/α-hetero) is 1. The average Bonchev–Trinajstić information content (AvgIpc) is 2.52. The van der Waals surface area contributed by atoms with Gasteiger partial charge in [-0.25, -0.2) is 4.98 Å². The summed E-state index contributed by atoms with van der Waals surface area (Å²) in [7, 11) is 3.29. The Labute approximate surface area is 137 Å². The molecule has 2 saturated heterocycles. The van der Waals surface area contributed by atoms with E-state index < -0.39 is 11.7 Å². The predicted molar refractivity (Wildman–Crippen MR) is 79.0 cm³/mol. The molecule has 2 unspecified atom stereocenters. The van der Waals surface area contributed by atoms with Gasteiger partial charge >= 0.3 is 6.18 Å². The van der Waals surface area contributed by atoms with Crippen LogP contribution in [0.3, 0.4) is 0 Å². The lowest BCUT2D eigenvalue weighted by Gasteiger charge is -2.46. The van der Waals surface area contributed by atoms with Gasteiger partial charge in [0.05, 0.1) is 31.5 Å². The van der Waals surface area contributed by atoms with Crippen LogP contribution < -0.4 is 4.74 Å². The van der Waals surface area contributed by atoms with Gasteiger partial charge in [0.1, 0.15) is 0 Å². The molecule has 0 aliphatic carbocycles. The van der Waals surface area contributed by atoms with Crippen molar-refractivity contribution in [2.75, 3.05) is 27.4 Å². The quantitative estimate of drug-likeness (QED) is 0.788. The standard InChI is InChI=1S/C16H19F3N2O3/c1-21-11-3-9(4-12(21)8-24-7-11)14(22)13-5-10(16(17,18)19)6-20-15(13)23-2/h5-6,9,11-12H,3-4,7-8H2,1-2H3. The maximum atomic E-state index is 12.9. The Morgan fingerprint density at radius 3 is 2.50 bits per heavy atom. The molecular weight excluding hydrogens is 325 g/mol. The fourth-order valence-corrected chi connectivity index (χ4v) is 3.48. The van der Waals surface area contributed by atoms with Gasteiger partial charge in [-0.1, -0.05) is 0 Å². The van der Waals surface area contributed by atoms with Gasteiger partial charge in [0.2, 0.25) is 5.88 Å². The highest BCUT2D eigenvalue weighted by Gasteiger charge is 2.41. The zero-order valence-electron chi connectivity index (χ0n) is 13.5. The van der Waals surface area contributed by atoms with Gasteiger partial charge in [-0.05, 0) is 26.0 Å². The van der Waals surface area contributed by atoms with Crippen LogP contribution in [0.2, 0.25) is 0 Å². The highest BCUT2D eigenvalue weighted by Crippen LogP contribution is 2.36. The minimum atomic E-state index is -4.55. The number of rotatable bonds is 3. The third-order valence-corrected chi connectivity index (χ3v) is 4.89. The van der Waals surface area contributed by atoms with Crippen molar-refractivity contribution >= 4 is 5.78 Å². The number of pyridine rings is 1. The van der Waals surface area contributed by atoms with E-state index in [1.165, 1.54) is 7.11 Å². The van der Waals surface area contributed by atoms with Crippen LogP contribution in [-0.4, -0.2) is 55.1 Å². The Morgan fingerprint density at radius 2 is 1.96 bits per heavy atom. The number of aromatic nitrogens is 1. The van der Waals surface area contributed by atoms with Crippen molar-refractivity contribution in [2.45, 2.75) is 31.1 Å². The summed E-state index contributed by atoms with van der Waals surface area (Å²) in [5, 5.41) is 0. The maximum absolute atomic E-state index is 12.9. The number of hydrogen-bond donors (Lipinski definition) is 0. The number of morpholine rings is 1. The number of likely N-dealkylation sites (N-methyl/N-ethyl adjacent to an activating group) is 1. The summed E-state index contributed by atoms with van der Waals surface area (Å²) in [4.78, 5) is 18.7. The van der Waals surface area contributed by atoms with Gasteiger partial charge in [0, 0.05) is 24.2 Å². The van der Waals surface area contributed by atoms with Crippen molar-refractivity contribution in [2.24, 2.45) is 5.92 Å². The molecule has 132 valence electrons. The van der Waals surface area contributed by atoms with E-state index in [2.05, 4.69) is 9.88 Å². The zero-order chi connectivity index (χ0) is 17.5. The van der Waals surface area contributed by atoms with Gasteiger partial charge in [-0.2, -0.15) is 13.2 Å². The number of nitrogens with zero attached hydrogens (tertiary/aromatic N) is 2. The first-order chi connectivity index (χ1) is 11.3. The number of methoxy groups -OCH3 is 1. The first-order valence-corrected chi connectivity index (χ1v) is 7.76. The lowest BCUT2D eigenvalue weighted by Crippen LogP contribution is -2.55. The molecule has 2 aliphatic heterocycles. The van der Waals surface area contributed by atoms with Crippen LogP contribution in [-0.2, 0) is 10.9 Å². The van der Waals surface area contributed by atoms with Gasteiger partial charge in [-0.15, -0.1) is 0 Å². The second-order valence-electron chi connectivity index (χ2n) is 6.32. The summed E-state index contributed by atoms with van der Waals surface area (Å²) < 4.78 is 49.3. The summed E-state index contributed by atoms with van der Waals surface area (Å²) in [5.41, 5.74) is -1.04. The smallest absolute Gasteiger partial charge is 0.417 e. The van der Waals surface area contributed by atoms with E-state index in [1.54, 1.807) is 0 Å². The van der Waals surface area contributed by atoms with E-state index in [-0.39, 0.29) is 35.2 Å². The number of ketones is 1. The van der Waals surface area contributed by atoms with Crippen molar-refractivity contribution in [1.82, 2.24) is 9.88 Å². The predicted octanol–water partition coefficient (Wildman–Crippen LogP) is 2.40. The van der Waals surface area contributed by atoms with Crippen LogP contribution in [0.25, 0.3) is 0 Å². The molecule has 0 N–H and O–H groups in total. The number of fused-ring (bicyclic) bond motifs is 2. The largest absolute Gasteiger partial charge is 0.480 e. The average molecular weight is 344 g/mol. The summed E-state index contributed by atoms with van der Waals surface area (Å²) in [6, 6.07) is 1.06. The number of ether oxygens (including phenoxy) is 2. The van der Waals surface area contributed by atoms with Gasteiger partial charge in [0.15, 0.2) is 5.78 Å².